The van der Waals surface area contributed by atoms with Crippen LogP contribution in [0.1, 0.15) is 42.9 Å². The molecule has 0 saturated heterocycles. The molecule has 0 aromatic heterocycles. The first-order chi connectivity index (χ1) is 14.6. The Bertz CT molecular complexity index is 1010. The molecular weight excluding hydrogens is 380 g/mol. The number of amides is 2. The van der Waals surface area contributed by atoms with Crippen LogP contribution < -0.4 is 10.9 Å². The molecule has 156 valence electrons. The number of nitrogens with one attached hydrogen (secondary N) is 2. The van der Waals surface area contributed by atoms with Gasteiger partial charge in [-0.15, -0.1) is 0 Å². The van der Waals surface area contributed by atoms with Crippen LogP contribution >= 0.6 is 0 Å². The number of carbonyl (C=O) groups is 2. The Morgan fingerprint density at radius 2 is 1.37 bits per heavy atom. The first kappa shape index (κ1) is 21.2. The second kappa shape index (κ2) is 10.3. The summed E-state index contributed by atoms with van der Waals surface area (Å²) in [6, 6.07) is 21.5. The van der Waals surface area contributed by atoms with Crippen molar-refractivity contribution in [2.24, 2.45) is 0 Å². The Labute approximate surface area is 176 Å². The quantitative estimate of drug-likeness (QED) is 0.536. The van der Waals surface area contributed by atoms with E-state index in [0.717, 1.165) is 33.9 Å². The highest BCUT2D eigenvalue weighted by atomic mass is 16.6. The summed E-state index contributed by atoms with van der Waals surface area (Å²) in [7, 11) is 0. The van der Waals surface area contributed by atoms with Crippen molar-refractivity contribution in [2.75, 3.05) is 0 Å². The van der Waals surface area contributed by atoms with E-state index >= 15 is 0 Å². The van der Waals surface area contributed by atoms with E-state index in [1.54, 1.807) is 0 Å². The highest BCUT2D eigenvalue weighted by Crippen LogP contribution is 2.23. The summed E-state index contributed by atoms with van der Waals surface area (Å²) in [6.45, 7) is 4.46. The van der Waals surface area contributed by atoms with Gasteiger partial charge in [-0.25, -0.2) is 20.4 Å². The van der Waals surface area contributed by atoms with Gasteiger partial charge >= 0.3 is 12.2 Å². The van der Waals surface area contributed by atoms with Crippen molar-refractivity contribution in [1.29, 1.82) is 0 Å². The predicted octanol–water partition coefficient (Wildman–Crippen LogP) is 5.42. The minimum Gasteiger partial charge on any atom is -0.443 e. The van der Waals surface area contributed by atoms with Crippen molar-refractivity contribution < 1.29 is 19.1 Å². The number of hydrogen-bond acceptors (Lipinski definition) is 4. The third-order valence-corrected chi connectivity index (χ3v) is 5.06. The summed E-state index contributed by atoms with van der Waals surface area (Å²) < 4.78 is 10.4. The van der Waals surface area contributed by atoms with Crippen molar-refractivity contribution in [3.63, 3.8) is 0 Å². The molecule has 0 aliphatic rings. The molecule has 0 bridgehead atoms. The molecule has 0 radical (unpaired) electrons. The third kappa shape index (κ3) is 5.50. The summed E-state index contributed by atoms with van der Waals surface area (Å²) >= 11 is 0. The zero-order valence-corrected chi connectivity index (χ0v) is 17.2. The standard InChI is InChI=1S/C24H26N2O4/c1-3-17(2)21-13-6-5-10-19(21)15-29-23(27)25-26-24(28)30-16-20-12-8-11-18-9-4-7-14-22(18)20/h4-14,17H,3,15-16H2,1-2H3,(H,25,27)(H,26,28). The largest absolute Gasteiger partial charge is 0.443 e. The molecule has 3 rings (SSSR count). The summed E-state index contributed by atoms with van der Waals surface area (Å²) in [5.41, 5.74) is 7.38. The minimum absolute atomic E-state index is 0.0895. The van der Waals surface area contributed by atoms with E-state index in [-0.39, 0.29) is 13.2 Å². The van der Waals surface area contributed by atoms with Gasteiger partial charge in [0.05, 0.1) is 0 Å². The molecular formula is C24H26N2O4. The number of carbonyl (C=O) groups excluding carboxylic acids is 2. The van der Waals surface area contributed by atoms with Crippen LogP contribution in [0, 0.1) is 0 Å². The lowest BCUT2D eigenvalue weighted by Gasteiger charge is -2.15. The number of benzene rings is 3. The molecule has 30 heavy (non-hydrogen) atoms. The molecule has 0 spiro atoms. The highest BCUT2D eigenvalue weighted by Gasteiger charge is 2.12. The number of rotatable bonds is 6. The predicted molar refractivity (Wildman–Crippen MR) is 116 cm³/mol. The van der Waals surface area contributed by atoms with Gasteiger partial charge in [0, 0.05) is 0 Å². The van der Waals surface area contributed by atoms with Crippen molar-refractivity contribution in [3.05, 3.63) is 83.4 Å². The van der Waals surface area contributed by atoms with Gasteiger partial charge in [-0.05, 0) is 39.8 Å². The maximum absolute atomic E-state index is 11.9. The number of fused-ring (bicyclic) bond motifs is 1. The van der Waals surface area contributed by atoms with Gasteiger partial charge in [-0.3, -0.25) is 0 Å². The monoisotopic (exact) mass is 406 g/mol. The molecule has 6 heteroatoms. The zero-order valence-electron chi connectivity index (χ0n) is 17.2. The molecule has 0 saturated carbocycles. The zero-order chi connectivity index (χ0) is 21.3. The maximum atomic E-state index is 11.9. The molecule has 0 aliphatic carbocycles. The molecule has 3 aromatic rings. The summed E-state index contributed by atoms with van der Waals surface area (Å²) in [5, 5.41) is 2.08. The second-order valence-electron chi connectivity index (χ2n) is 7.05. The van der Waals surface area contributed by atoms with Crippen LogP contribution in [0.5, 0.6) is 0 Å². The van der Waals surface area contributed by atoms with E-state index in [9.17, 15) is 9.59 Å². The lowest BCUT2D eigenvalue weighted by molar-refractivity contribution is 0.117. The summed E-state index contributed by atoms with van der Waals surface area (Å²) in [4.78, 5) is 23.8. The Kier molecular flexibility index (Phi) is 7.27. The molecule has 2 N–H and O–H groups in total. The first-order valence-corrected chi connectivity index (χ1v) is 9.98. The summed E-state index contributed by atoms with van der Waals surface area (Å²) in [6.07, 6.45) is -0.524. The van der Waals surface area contributed by atoms with Crippen molar-refractivity contribution in [2.45, 2.75) is 39.4 Å². The molecule has 0 aliphatic heterocycles. The molecule has 6 nitrogen and oxygen atoms in total. The van der Waals surface area contributed by atoms with Gasteiger partial charge in [0.1, 0.15) is 13.2 Å². The maximum Gasteiger partial charge on any atom is 0.426 e. The number of ether oxygens (including phenoxy) is 2. The van der Waals surface area contributed by atoms with Gasteiger partial charge in [-0.2, -0.15) is 0 Å². The van der Waals surface area contributed by atoms with Gasteiger partial charge in [-0.1, -0.05) is 80.6 Å². The van der Waals surface area contributed by atoms with E-state index in [1.165, 1.54) is 0 Å². The van der Waals surface area contributed by atoms with Crippen LogP contribution in [-0.4, -0.2) is 12.2 Å². The van der Waals surface area contributed by atoms with Crippen molar-refractivity contribution in [1.82, 2.24) is 10.9 Å². The van der Waals surface area contributed by atoms with Crippen LogP contribution in [0.25, 0.3) is 10.8 Å². The van der Waals surface area contributed by atoms with E-state index in [4.69, 9.17) is 9.47 Å². The van der Waals surface area contributed by atoms with Crippen LogP contribution in [0.15, 0.2) is 66.7 Å². The summed E-state index contributed by atoms with van der Waals surface area (Å²) in [5.74, 6) is 0.370. The van der Waals surface area contributed by atoms with E-state index in [2.05, 4.69) is 24.7 Å². The molecule has 3 aromatic carbocycles. The molecule has 2 amide bonds. The highest BCUT2D eigenvalue weighted by molar-refractivity contribution is 5.85. The first-order valence-electron chi connectivity index (χ1n) is 9.98. The number of hydrazine groups is 1. The fraction of sp³-hybridized carbons (Fsp3) is 0.250. The van der Waals surface area contributed by atoms with Crippen molar-refractivity contribution >= 4 is 23.0 Å². The third-order valence-electron chi connectivity index (χ3n) is 5.06. The van der Waals surface area contributed by atoms with Gasteiger partial charge in [0.25, 0.3) is 0 Å². The number of hydrogen-bond donors (Lipinski definition) is 2. The Morgan fingerprint density at radius 1 is 0.800 bits per heavy atom. The topological polar surface area (TPSA) is 76.7 Å². The SMILES string of the molecule is CCC(C)c1ccccc1COC(=O)NNC(=O)OCc1cccc2ccccc12. The Morgan fingerprint density at radius 3 is 2.10 bits per heavy atom. The smallest absolute Gasteiger partial charge is 0.426 e. The molecule has 0 fully saturated rings. The van der Waals surface area contributed by atoms with Crippen LogP contribution in [0.2, 0.25) is 0 Å². The van der Waals surface area contributed by atoms with Gasteiger partial charge in [0.15, 0.2) is 0 Å². The Balaban J connectivity index is 1.45. The fourth-order valence-electron chi connectivity index (χ4n) is 3.25. The lowest BCUT2D eigenvalue weighted by atomic mass is 9.94. The fourth-order valence-corrected chi connectivity index (χ4v) is 3.25. The molecule has 1 unspecified atom stereocenters. The van der Waals surface area contributed by atoms with E-state index < -0.39 is 12.2 Å². The van der Waals surface area contributed by atoms with Crippen LogP contribution in [0.3, 0.4) is 0 Å². The average Bonchev–Trinajstić information content (AvgIpc) is 2.79. The van der Waals surface area contributed by atoms with E-state index in [0.29, 0.717) is 5.92 Å². The van der Waals surface area contributed by atoms with Crippen LogP contribution in [-0.2, 0) is 22.7 Å². The van der Waals surface area contributed by atoms with E-state index in [1.807, 2.05) is 66.7 Å². The lowest BCUT2D eigenvalue weighted by Crippen LogP contribution is -2.42. The minimum atomic E-state index is -0.764. The van der Waals surface area contributed by atoms with Crippen molar-refractivity contribution in [3.8, 4) is 0 Å². The normalized spacial score (nSPS) is 11.5. The molecule has 0 heterocycles. The second-order valence-corrected chi connectivity index (χ2v) is 7.05. The van der Waals surface area contributed by atoms with Crippen LogP contribution in [0.4, 0.5) is 9.59 Å². The molecule has 1 atom stereocenters. The Hall–Kier alpha value is -3.54. The van der Waals surface area contributed by atoms with Gasteiger partial charge in [0.2, 0.25) is 0 Å². The van der Waals surface area contributed by atoms with Gasteiger partial charge < -0.3 is 9.47 Å². The average molecular weight is 406 g/mol.